The SMILES string of the molecule is CC(C)(O)C1=CCCC=C1CC[C@@H](CC[C@]1(CC(=O)[O-])C[C@H]1F)c1cccc(/C=C/c2ccc3ccc(Cl)cc3n2)c1.[Na+]. The van der Waals surface area contributed by atoms with Crippen LogP contribution in [0, 0.1) is 5.41 Å². The zero-order valence-corrected chi connectivity index (χ0v) is 28.0. The van der Waals surface area contributed by atoms with E-state index < -0.39 is 23.2 Å². The number of aromatic nitrogens is 1. The van der Waals surface area contributed by atoms with E-state index in [1.54, 1.807) is 0 Å². The Morgan fingerprint density at radius 2 is 1.88 bits per heavy atom. The van der Waals surface area contributed by atoms with E-state index in [1.165, 1.54) is 0 Å². The summed E-state index contributed by atoms with van der Waals surface area (Å²) in [6.07, 6.45) is 12.0. The van der Waals surface area contributed by atoms with Gasteiger partial charge in [-0.15, -0.1) is 0 Å². The topological polar surface area (TPSA) is 73.2 Å². The Labute approximate surface area is 281 Å². The third-order valence-electron chi connectivity index (χ3n) is 8.75. The molecule has 0 bridgehead atoms. The largest absolute Gasteiger partial charge is 1.00 e. The summed E-state index contributed by atoms with van der Waals surface area (Å²) in [6, 6.07) is 18.0. The van der Waals surface area contributed by atoms with Crippen LogP contribution in [0.25, 0.3) is 23.1 Å². The molecule has 0 aliphatic heterocycles. The molecule has 0 saturated heterocycles. The molecule has 1 heterocycles. The molecule has 1 fully saturated rings. The van der Waals surface area contributed by atoms with Crippen molar-refractivity contribution in [3.63, 3.8) is 0 Å². The van der Waals surface area contributed by atoms with Gasteiger partial charge in [0.1, 0.15) is 6.17 Å². The van der Waals surface area contributed by atoms with Gasteiger partial charge in [0.15, 0.2) is 0 Å². The van der Waals surface area contributed by atoms with Crippen LogP contribution in [0.3, 0.4) is 0 Å². The van der Waals surface area contributed by atoms with E-state index in [2.05, 4.69) is 24.3 Å². The first-order valence-electron chi connectivity index (χ1n) is 14.8. The summed E-state index contributed by atoms with van der Waals surface area (Å²) in [7, 11) is 0. The van der Waals surface area contributed by atoms with Crippen molar-refractivity contribution in [2.24, 2.45) is 5.41 Å². The Hall–Kier alpha value is -2.28. The first-order valence-corrected chi connectivity index (χ1v) is 15.2. The molecule has 1 aromatic heterocycles. The minimum Gasteiger partial charge on any atom is -0.550 e. The zero-order chi connectivity index (χ0) is 29.9. The number of hydrogen-bond acceptors (Lipinski definition) is 4. The number of carbonyl (C=O) groups is 1. The molecule has 1 saturated carbocycles. The molecule has 43 heavy (non-hydrogen) atoms. The summed E-state index contributed by atoms with van der Waals surface area (Å²) in [6.45, 7) is 3.64. The Kier molecular flexibility index (Phi) is 11.1. The average molecular weight is 610 g/mol. The number of hydrogen-bond donors (Lipinski definition) is 1. The Balaban J connectivity index is 0.00000423. The Bertz CT molecular complexity index is 1560. The number of benzene rings is 2. The molecule has 0 radical (unpaired) electrons. The summed E-state index contributed by atoms with van der Waals surface area (Å²) in [5, 5.41) is 23.8. The number of halogens is 2. The molecular formula is C36H38ClFNNaO3. The van der Waals surface area contributed by atoms with Gasteiger partial charge in [0.2, 0.25) is 0 Å². The number of carbonyl (C=O) groups excluding carboxylic acids is 1. The molecule has 1 N–H and O–H groups in total. The van der Waals surface area contributed by atoms with E-state index in [9.17, 15) is 19.4 Å². The molecule has 4 nitrogen and oxygen atoms in total. The number of aliphatic hydroxyl groups is 1. The van der Waals surface area contributed by atoms with Crippen molar-refractivity contribution in [2.45, 2.75) is 82.9 Å². The minimum absolute atomic E-state index is 0. The number of fused-ring (bicyclic) bond motifs is 1. The van der Waals surface area contributed by atoms with Crippen LogP contribution < -0.4 is 34.7 Å². The van der Waals surface area contributed by atoms with Gasteiger partial charge in [-0.1, -0.05) is 66.2 Å². The Morgan fingerprint density at radius 3 is 2.60 bits per heavy atom. The van der Waals surface area contributed by atoms with Gasteiger partial charge in [-0.25, -0.2) is 9.37 Å². The van der Waals surface area contributed by atoms with Crippen LogP contribution in [0.5, 0.6) is 0 Å². The van der Waals surface area contributed by atoms with Crippen LogP contribution in [0.2, 0.25) is 5.02 Å². The van der Waals surface area contributed by atoms with Crippen molar-refractivity contribution < 1.29 is 49.0 Å². The van der Waals surface area contributed by atoms with E-state index in [0.717, 1.165) is 64.6 Å². The normalized spacial score (nSPS) is 20.8. The molecule has 220 valence electrons. The van der Waals surface area contributed by atoms with Gasteiger partial charge in [0, 0.05) is 21.8 Å². The van der Waals surface area contributed by atoms with Gasteiger partial charge in [-0.3, -0.25) is 0 Å². The summed E-state index contributed by atoms with van der Waals surface area (Å²) in [5.74, 6) is -1.08. The second-order valence-electron chi connectivity index (χ2n) is 12.4. The van der Waals surface area contributed by atoms with E-state index >= 15 is 0 Å². The molecule has 2 aromatic carbocycles. The van der Waals surface area contributed by atoms with Gasteiger partial charge >= 0.3 is 29.6 Å². The van der Waals surface area contributed by atoms with E-state index in [4.69, 9.17) is 16.6 Å². The van der Waals surface area contributed by atoms with Crippen LogP contribution in [0.4, 0.5) is 4.39 Å². The number of carboxylic acids is 1. The summed E-state index contributed by atoms with van der Waals surface area (Å²) >= 11 is 6.16. The Morgan fingerprint density at radius 1 is 1.14 bits per heavy atom. The number of carboxylic acid groups (broad SMARTS) is 1. The second kappa shape index (κ2) is 14.2. The van der Waals surface area contributed by atoms with Gasteiger partial charge < -0.3 is 15.0 Å². The van der Waals surface area contributed by atoms with E-state index in [-0.39, 0.29) is 48.3 Å². The molecular weight excluding hydrogens is 572 g/mol. The van der Waals surface area contributed by atoms with Gasteiger partial charge in [-0.2, -0.15) is 0 Å². The van der Waals surface area contributed by atoms with Gasteiger partial charge in [-0.05, 0) is 118 Å². The standard InChI is InChI=1S/C36H39ClFNO3.Na/c1-35(2,42)31-9-4-3-7-26(31)12-11-25(18-19-36(22-33(36)38)23-34(40)41)28-8-5-6-24(20-28)10-16-30-17-14-27-13-15-29(37)21-32(27)39-30;/h5-10,13-17,20-21,25,33,42H,3-4,11-12,18-19,22-23H2,1-2H3,(H,40,41);/q;+1/p-1/b16-10+;/t25-,33+,36+;/m0./s1. The number of aliphatic carboxylic acids is 1. The molecule has 0 unspecified atom stereocenters. The number of nitrogens with zero attached hydrogens (tertiary/aromatic N) is 1. The minimum atomic E-state index is -1.18. The zero-order valence-electron chi connectivity index (χ0n) is 25.3. The van der Waals surface area contributed by atoms with Crippen molar-refractivity contribution >= 4 is 40.6 Å². The number of rotatable bonds is 12. The van der Waals surface area contributed by atoms with Crippen LogP contribution >= 0.6 is 11.6 Å². The first kappa shape index (κ1) is 33.6. The third-order valence-corrected chi connectivity index (χ3v) is 8.99. The average Bonchev–Trinajstić information content (AvgIpc) is 3.58. The molecule has 5 rings (SSSR count). The number of allylic oxidation sites excluding steroid dienone is 2. The van der Waals surface area contributed by atoms with Crippen molar-refractivity contribution in [3.05, 3.63) is 99.7 Å². The third kappa shape index (κ3) is 8.67. The molecule has 2 aliphatic rings. The fourth-order valence-electron chi connectivity index (χ4n) is 6.29. The summed E-state index contributed by atoms with van der Waals surface area (Å²) < 4.78 is 14.4. The van der Waals surface area contributed by atoms with E-state index in [1.807, 2.05) is 68.5 Å². The molecule has 0 spiro atoms. The molecule has 2 aliphatic carbocycles. The van der Waals surface area contributed by atoms with Crippen molar-refractivity contribution in [3.8, 4) is 0 Å². The van der Waals surface area contributed by atoms with Crippen LogP contribution in [-0.2, 0) is 4.79 Å². The maximum atomic E-state index is 14.4. The maximum absolute atomic E-state index is 14.4. The van der Waals surface area contributed by atoms with Crippen LogP contribution in [0.15, 0.2) is 77.9 Å². The van der Waals surface area contributed by atoms with Crippen LogP contribution in [-0.4, -0.2) is 27.8 Å². The monoisotopic (exact) mass is 609 g/mol. The fourth-order valence-corrected chi connectivity index (χ4v) is 6.45. The van der Waals surface area contributed by atoms with Crippen LogP contribution in [0.1, 0.15) is 88.0 Å². The quantitative estimate of drug-likeness (QED) is 0.294. The number of alkyl halides is 1. The second-order valence-corrected chi connectivity index (χ2v) is 12.9. The molecule has 7 heteroatoms. The fraction of sp³-hybridized carbons (Fsp3) is 0.389. The number of pyridine rings is 1. The summed E-state index contributed by atoms with van der Waals surface area (Å²) in [5.41, 5.74) is 4.26. The molecule has 3 aromatic rings. The molecule has 0 amide bonds. The first-order chi connectivity index (χ1) is 20.0. The predicted molar refractivity (Wildman–Crippen MR) is 167 cm³/mol. The maximum Gasteiger partial charge on any atom is 1.00 e. The smallest absolute Gasteiger partial charge is 0.550 e. The van der Waals surface area contributed by atoms with Gasteiger partial charge in [0.05, 0.1) is 16.8 Å². The molecule has 3 atom stereocenters. The van der Waals surface area contributed by atoms with Crippen molar-refractivity contribution in [1.82, 2.24) is 4.98 Å². The predicted octanol–water partition coefficient (Wildman–Crippen LogP) is 4.99. The van der Waals surface area contributed by atoms with Gasteiger partial charge in [0.25, 0.3) is 0 Å². The van der Waals surface area contributed by atoms with Crippen molar-refractivity contribution in [2.75, 3.05) is 0 Å². The summed E-state index contributed by atoms with van der Waals surface area (Å²) in [4.78, 5) is 16.1. The van der Waals surface area contributed by atoms with Crippen molar-refractivity contribution in [1.29, 1.82) is 0 Å². The van der Waals surface area contributed by atoms with E-state index in [0.29, 0.717) is 17.9 Å².